The Bertz CT molecular complexity index is 1290. The number of hydrogen-bond donors (Lipinski definition) is 2. The summed E-state index contributed by atoms with van der Waals surface area (Å²) < 4.78 is 71.2. The minimum atomic E-state index is -4.46. The van der Waals surface area contributed by atoms with Crippen LogP contribution in [-0.2, 0) is 27.5 Å². The molecule has 0 aliphatic rings. The van der Waals surface area contributed by atoms with Crippen molar-refractivity contribution in [1.29, 1.82) is 0 Å². The molecule has 6 nitrogen and oxygen atoms in total. The molecule has 0 heterocycles. The molecular weight excluding hydrogens is 469 g/mol. The summed E-state index contributed by atoms with van der Waals surface area (Å²) in [7, 11) is -2.43. The zero-order valence-electron chi connectivity index (χ0n) is 18.0. The number of amides is 1. The van der Waals surface area contributed by atoms with Crippen LogP contribution in [0.1, 0.15) is 16.7 Å². The number of nitrogens with one attached hydrogen (secondary N) is 2. The molecule has 3 rings (SSSR count). The first kappa shape index (κ1) is 24.8. The lowest BCUT2D eigenvalue weighted by molar-refractivity contribution is -0.137. The molecule has 0 fully saturated rings. The summed E-state index contributed by atoms with van der Waals surface area (Å²) in [6, 6.07) is 17.1. The van der Waals surface area contributed by atoms with E-state index in [1.54, 1.807) is 24.3 Å². The topological polar surface area (TPSA) is 84.5 Å². The summed E-state index contributed by atoms with van der Waals surface area (Å²) in [5, 5.41) is 2.51. The molecular formula is C24H21F3N2O4S. The van der Waals surface area contributed by atoms with Gasteiger partial charge in [0, 0.05) is 12.6 Å². The predicted octanol–water partition coefficient (Wildman–Crippen LogP) is 4.84. The molecule has 2 N–H and O–H groups in total. The van der Waals surface area contributed by atoms with Gasteiger partial charge < -0.3 is 10.1 Å². The van der Waals surface area contributed by atoms with Gasteiger partial charge in [-0.2, -0.15) is 13.2 Å². The van der Waals surface area contributed by atoms with Crippen LogP contribution in [0.15, 0.2) is 83.8 Å². The Morgan fingerprint density at radius 3 is 2.38 bits per heavy atom. The molecule has 0 aliphatic carbocycles. The van der Waals surface area contributed by atoms with Crippen LogP contribution in [0.5, 0.6) is 5.75 Å². The van der Waals surface area contributed by atoms with Gasteiger partial charge in [0.25, 0.3) is 10.0 Å². The first-order valence-corrected chi connectivity index (χ1v) is 11.4. The van der Waals surface area contributed by atoms with Crippen LogP contribution >= 0.6 is 0 Å². The highest BCUT2D eigenvalue weighted by molar-refractivity contribution is 7.92. The van der Waals surface area contributed by atoms with Crippen LogP contribution in [-0.4, -0.2) is 21.4 Å². The number of hydrogen-bond acceptors (Lipinski definition) is 4. The summed E-state index contributed by atoms with van der Waals surface area (Å²) in [5.41, 5.74) is 0.385. The van der Waals surface area contributed by atoms with Crippen LogP contribution in [0.3, 0.4) is 0 Å². The highest BCUT2D eigenvalue weighted by Crippen LogP contribution is 2.29. The smallest absolute Gasteiger partial charge is 0.416 e. The third-order valence-corrected chi connectivity index (χ3v) is 6.07. The van der Waals surface area contributed by atoms with Crippen molar-refractivity contribution in [1.82, 2.24) is 5.32 Å². The summed E-state index contributed by atoms with van der Waals surface area (Å²) in [6.45, 7) is -0.0705. The molecule has 0 bridgehead atoms. The van der Waals surface area contributed by atoms with Gasteiger partial charge in [-0.1, -0.05) is 36.4 Å². The number of sulfonamides is 1. The van der Waals surface area contributed by atoms with E-state index in [2.05, 4.69) is 10.0 Å². The number of methoxy groups -OCH3 is 1. The van der Waals surface area contributed by atoms with E-state index in [0.29, 0.717) is 22.6 Å². The monoisotopic (exact) mass is 490 g/mol. The van der Waals surface area contributed by atoms with E-state index in [0.717, 1.165) is 12.1 Å². The molecule has 10 heteroatoms. The fourth-order valence-electron chi connectivity index (χ4n) is 2.97. The van der Waals surface area contributed by atoms with E-state index < -0.39 is 27.7 Å². The molecule has 0 radical (unpaired) electrons. The number of carbonyl (C=O) groups is 1. The third-order valence-electron chi connectivity index (χ3n) is 4.69. The van der Waals surface area contributed by atoms with Gasteiger partial charge in [0.05, 0.1) is 23.3 Å². The van der Waals surface area contributed by atoms with E-state index in [4.69, 9.17) is 4.74 Å². The summed E-state index contributed by atoms with van der Waals surface area (Å²) in [4.78, 5) is 12.0. The van der Waals surface area contributed by atoms with Crippen LogP contribution < -0.4 is 14.8 Å². The highest BCUT2D eigenvalue weighted by atomic mass is 32.2. The van der Waals surface area contributed by atoms with Gasteiger partial charge in [0.15, 0.2) is 0 Å². The molecule has 178 valence electrons. The van der Waals surface area contributed by atoms with Gasteiger partial charge in [0.1, 0.15) is 5.75 Å². The van der Waals surface area contributed by atoms with E-state index in [-0.39, 0.29) is 11.4 Å². The second kappa shape index (κ2) is 10.4. The average Bonchev–Trinajstić information content (AvgIpc) is 2.81. The minimum Gasteiger partial charge on any atom is -0.495 e. The first-order chi connectivity index (χ1) is 16.1. The molecule has 3 aromatic carbocycles. The van der Waals surface area contributed by atoms with Gasteiger partial charge >= 0.3 is 6.18 Å². The maximum Gasteiger partial charge on any atom is 0.416 e. The van der Waals surface area contributed by atoms with E-state index in [1.807, 2.05) is 0 Å². The fourth-order valence-corrected chi connectivity index (χ4v) is 4.04. The maximum absolute atomic E-state index is 12.8. The molecule has 0 saturated heterocycles. The van der Waals surface area contributed by atoms with Gasteiger partial charge in [-0.15, -0.1) is 0 Å². The van der Waals surface area contributed by atoms with Crippen LogP contribution in [0.25, 0.3) is 6.08 Å². The van der Waals surface area contributed by atoms with Crippen LogP contribution in [0, 0.1) is 0 Å². The van der Waals surface area contributed by atoms with Crippen LogP contribution in [0.4, 0.5) is 18.9 Å². The van der Waals surface area contributed by atoms with E-state index in [1.165, 1.54) is 55.7 Å². The summed E-state index contributed by atoms with van der Waals surface area (Å²) >= 11 is 0. The Labute approximate surface area is 195 Å². The number of halogens is 3. The molecule has 0 unspecified atom stereocenters. The molecule has 1 amide bonds. The van der Waals surface area contributed by atoms with E-state index >= 15 is 0 Å². The van der Waals surface area contributed by atoms with Crippen molar-refractivity contribution >= 4 is 27.7 Å². The lowest BCUT2D eigenvalue weighted by atomic mass is 10.1. The van der Waals surface area contributed by atoms with Gasteiger partial charge in [0.2, 0.25) is 5.91 Å². The second-order valence-corrected chi connectivity index (χ2v) is 8.81. The number of anilines is 1. The molecule has 0 spiro atoms. The normalized spacial score (nSPS) is 11.9. The zero-order valence-corrected chi connectivity index (χ0v) is 18.8. The minimum absolute atomic E-state index is 0.0181. The molecule has 0 saturated carbocycles. The highest BCUT2D eigenvalue weighted by Gasteiger charge is 2.30. The lowest BCUT2D eigenvalue weighted by Gasteiger charge is -2.11. The number of benzene rings is 3. The number of alkyl halides is 3. The quantitative estimate of drug-likeness (QED) is 0.443. The maximum atomic E-state index is 12.8. The lowest BCUT2D eigenvalue weighted by Crippen LogP contribution is -2.20. The Morgan fingerprint density at radius 2 is 1.71 bits per heavy atom. The Morgan fingerprint density at radius 1 is 1.00 bits per heavy atom. The number of rotatable bonds is 8. The Balaban J connectivity index is 1.60. The molecule has 0 aromatic heterocycles. The van der Waals surface area contributed by atoms with E-state index in [9.17, 15) is 26.4 Å². The molecule has 0 atom stereocenters. The molecule has 0 aliphatic heterocycles. The Hall–Kier alpha value is -3.79. The van der Waals surface area contributed by atoms with Crippen molar-refractivity contribution < 1.29 is 31.1 Å². The Kier molecular flexibility index (Phi) is 7.62. The standard InChI is InChI=1S/C24H21F3N2O4S/c1-33-22-8-3-2-7-21(22)29-34(31,32)20-12-9-17(10-13-20)11-14-23(30)28-16-18-5-4-6-19(15-18)24(25,26)27/h2-15,29H,16H2,1H3,(H,28,30)/b14-11+. The van der Waals surface area contributed by atoms with Crippen molar-refractivity contribution in [3.05, 3.63) is 95.6 Å². The SMILES string of the molecule is COc1ccccc1NS(=O)(=O)c1ccc(/C=C/C(=O)NCc2cccc(C(F)(F)F)c2)cc1. The number of ether oxygens (including phenoxy) is 1. The van der Waals surface area contributed by atoms with Crippen molar-refractivity contribution in [3.63, 3.8) is 0 Å². The zero-order chi connectivity index (χ0) is 24.8. The van der Waals surface area contributed by atoms with Crippen molar-refractivity contribution in [2.24, 2.45) is 0 Å². The van der Waals surface area contributed by atoms with Crippen LogP contribution in [0.2, 0.25) is 0 Å². The van der Waals surface area contributed by atoms with Gasteiger partial charge in [-0.3, -0.25) is 9.52 Å². The van der Waals surface area contributed by atoms with Crippen molar-refractivity contribution in [2.75, 3.05) is 11.8 Å². The van der Waals surface area contributed by atoms with Gasteiger partial charge in [-0.25, -0.2) is 8.42 Å². The molecule has 3 aromatic rings. The third kappa shape index (κ3) is 6.61. The largest absolute Gasteiger partial charge is 0.495 e. The number of carbonyl (C=O) groups excluding carboxylic acids is 1. The second-order valence-electron chi connectivity index (χ2n) is 7.12. The first-order valence-electron chi connectivity index (χ1n) is 9.96. The average molecular weight is 491 g/mol. The fraction of sp³-hybridized carbons (Fsp3) is 0.125. The van der Waals surface area contributed by atoms with Crippen molar-refractivity contribution in [2.45, 2.75) is 17.6 Å². The summed E-state index contributed by atoms with van der Waals surface area (Å²) in [6.07, 6.45) is -1.78. The van der Waals surface area contributed by atoms with Crippen molar-refractivity contribution in [3.8, 4) is 5.75 Å². The number of para-hydroxylation sites is 2. The van der Waals surface area contributed by atoms with Gasteiger partial charge in [-0.05, 0) is 53.6 Å². The summed E-state index contributed by atoms with van der Waals surface area (Å²) in [5.74, 6) is -0.131. The molecule has 34 heavy (non-hydrogen) atoms. The predicted molar refractivity (Wildman–Crippen MR) is 123 cm³/mol.